The first-order valence-corrected chi connectivity index (χ1v) is 9.46. The van der Waals surface area contributed by atoms with Gasteiger partial charge in [0.15, 0.2) is 0 Å². The first-order chi connectivity index (χ1) is 13.1. The van der Waals surface area contributed by atoms with Gasteiger partial charge in [0.25, 0.3) is 5.91 Å². The van der Waals surface area contributed by atoms with E-state index in [4.69, 9.17) is 0 Å². The number of aromatic nitrogens is 5. The summed E-state index contributed by atoms with van der Waals surface area (Å²) >= 11 is 0. The molecular weight excluding hydrogens is 340 g/mol. The first kappa shape index (κ1) is 17.5. The molecule has 0 atom stereocenters. The molecule has 1 saturated carbocycles. The van der Waals surface area contributed by atoms with Gasteiger partial charge in [0.2, 0.25) is 0 Å². The van der Waals surface area contributed by atoms with Crippen LogP contribution in [-0.2, 0) is 0 Å². The van der Waals surface area contributed by atoms with E-state index in [2.05, 4.69) is 32.3 Å². The SMILES string of the molecule is Cc1cc(C(=O)Nc2cccc(-n3cnnn3)c2)c(C)n1C1CCCCC1. The molecule has 140 valence electrons. The zero-order valence-corrected chi connectivity index (χ0v) is 15.7. The molecule has 1 N–H and O–H groups in total. The number of amides is 1. The Kier molecular flexibility index (Phi) is 4.75. The van der Waals surface area contributed by atoms with Gasteiger partial charge >= 0.3 is 0 Å². The Morgan fingerprint density at radius 3 is 2.70 bits per heavy atom. The lowest BCUT2D eigenvalue weighted by Crippen LogP contribution is -2.17. The zero-order chi connectivity index (χ0) is 18.8. The summed E-state index contributed by atoms with van der Waals surface area (Å²) in [5.74, 6) is -0.0842. The number of carbonyl (C=O) groups is 1. The molecule has 0 radical (unpaired) electrons. The van der Waals surface area contributed by atoms with Gasteiger partial charge in [-0.15, -0.1) is 5.10 Å². The van der Waals surface area contributed by atoms with Gasteiger partial charge in [0.05, 0.1) is 11.3 Å². The second kappa shape index (κ2) is 7.34. The third kappa shape index (κ3) is 3.49. The highest BCUT2D eigenvalue weighted by atomic mass is 16.1. The Labute approximate surface area is 158 Å². The van der Waals surface area contributed by atoms with Gasteiger partial charge in [0, 0.05) is 23.1 Å². The van der Waals surface area contributed by atoms with Crippen molar-refractivity contribution >= 4 is 11.6 Å². The third-order valence-corrected chi connectivity index (χ3v) is 5.39. The Morgan fingerprint density at radius 1 is 1.15 bits per heavy atom. The summed E-state index contributed by atoms with van der Waals surface area (Å²) < 4.78 is 3.91. The van der Waals surface area contributed by atoms with Crippen LogP contribution in [0.4, 0.5) is 5.69 Å². The van der Waals surface area contributed by atoms with Crippen molar-refractivity contribution in [2.45, 2.75) is 52.0 Å². The average Bonchev–Trinajstić information content (AvgIpc) is 3.31. The van der Waals surface area contributed by atoms with E-state index >= 15 is 0 Å². The van der Waals surface area contributed by atoms with Crippen LogP contribution in [0.3, 0.4) is 0 Å². The molecule has 2 heterocycles. The van der Waals surface area contributed by atoms with E-state index in [1.165, 1.54) is 38.4 Å². The maximum absolute atomic E-state index is 12.9. The topological polar surface area (TPSA) is 77.6 Å². The summed E-state index contributed by atoms with van der Waals surface area (Å²) in [6, 6.07) is 10.0. The van der Waals surface area contributed by atoms with E-state index in [1.807, 2.05) is 37.3 Å². The fourth-order valence-corrected chi connectivity index (χ4v) is 4.11. The lowest BCUT2D eigenvalue weighted by atomic mass is 9.95. The summed E-state index contributed by atoms with van der Waals surface area (Å²) in [6.45, 7) is 4.14. The number of nitrogens with one attached hydrogen (secondary N) is 1. The van der Waals surface area contributed by atoms with Crippen molar-refractivity contribution in [3.05, 3.63) is 53.6 Å². The molecule has 3 aromatic rings. The number of hydrogen-bond acceptors (Lipinski definition) is 4. The lowest BCUT2D eigenvalue weighted by Gasteiger charge is -2.26. The molecule has 0 spiro atoms. The normalized spacial score (nSPS) is 15.0. The minimum Gasteiger partial charge on any atom is -0.345 e. The van der Waals surface area contributed by atoms with E-state index < -0.39 is 0 Å². The predicted octanol–water partition coefficient (Wildman–Crippen LogP) is 3.84. The standard InChI is InChI=1S/C20H24N6O/c1-14-11-19(15(2)26(14)17-8-4-3-5-9-17)20(27)22-16-7-6-10-18(12-16)25-13-21-23-24-25/h6-7,10-13,17H,3-5,8-9H2,1-2H3,(H,22,27). The minimum atomic E-state index is -0.0842. The summed E-state index contributed by atoms with van der Waals surface area (Å²) in [4.78, 5) is 12.9. The van der Waals surface area contributed by atoms with E-state index in [9.17, 15) is 4.79 Å². The van der Waals surface area contributed by atoms with Crippen molar-refractivity contribution in [2.75, 3.05) is 5.32 Å². The average molecular weight is 364 g/mol. The molecule has 1 fully saturated rings. The molecule has 0 unspecified atom stereocenters. The number of benzene rings is 1. The summed E-state index contributed by atoms with van der Waals surface area (Å²) in [5, 5.41) is 14.2. The van der Waals surface area contributed by atoms with Gasteiger partial charge in [-0.3, -0.25) is 4.79 Å². The monoisotopic (exact) mass is 364 g/mol. The largest absolute Gasteiger partial charge is 0.345 e. The Bertz CT molecular complexity index is 938. The molecule has 7 nitrogen and oxygen atoms in total. The van der Waals surface area contributed by atoms with Gasteiger partial charge in [-0.2, -0.15) is 0 Å². The molecular formula is C20H24N6O. The minimum absolute atomic E-state index is 0.0842. The Hall–Kier alpha value is -2.96. The summed E-state index contributed by atoms with van der Waals surface area (Å²) in [5.41, 5.74) is 4.47. The van der Waals surface area contributed by atoms with Crippen molar-refractivity contribution < 1.29 is 4.79 Å². The number of hydrogen-bond donors (Lipinski definition) is 1. The maximum atomic E-state index is 12.9. The Morgan fingerprint density at radius 2 is 1.96 bits per heavy atom. The van der Waals surface area contributed by atoms with E-state index in [1.54, 1.807) is 4.68 Å². The number of tetrazole rings is 1. The summed E-state index contributed by atoms with van der Waals surface area (Å²) in [7, 11) is 0. The predicted molar refractivity (Wildman–Crippen MR) is 103 cm³/mol. The Balaban J connectivity index is 1.56. The molecule has 0 bridgehead atoms. The molecule has 0 saturated heterocycles. The van der Waals surface area contributed by atoms with Gasteiger partial charge in [-0.1, -0.05) is 25.3 Å². The van der Waals surface area contributed by atoms with Crippen LogP contribution in [0.5, 0.6) is 0 Å². The lowest BCUT2D eigenvalue weighted by molar-refractivity contribution is 0.102. The molecule has 4 rings (SSSR count). The van der Waals surface area contributed by atoms with E-state index in [-0.39, 0.29) is 5.91 Å². The highest BCUT2D eigenvalue weighted by Crippen LogP contribution is 2.32. The van der Waals surface area contributed by atoms with Crippen LogP contribution >= 0.6 is 0 Å². The highest BCUT2D eigenvalue weighted by Gasteiger charge is 2.22. The van der Waals surface area contributed by atoms with Gasteiger partial charge < -0.3 is 9.88 Å². The number of anilines is 1. The summed E-state index contributed by atoms with van der Waals surface area (Å²) in [6.07, 6.45) is 7.79. The molecule has 27 heavy (non-hydrogen) atoms. The van der Waals surface area contributed by atoms with Gasteiger partial charge in [0.1, 0.15) is 6.33 Å². The number of rotatable bonds is 4. The molecule has 2 aromatic heterocycles. The number of nitrogens with zero attached hydrogens (tertiary/aromatic N) is 5. The molecule has 1 amide bonds. The smallest absolute Gasteiger partial charge is 0.257 e. The van der Waals surface area contributed by atoms with E-state index in [0.717, 1.165) is 28.3 Å². The van der Waals surface area contributed by atoms with Crippen LogP contribution in [0.25, 0.3) is 5.69 Å². The van der Waals surface area contributed by atoms with Crippen LogP contribution in [0.2, 0.25) is 0 Å². The van der Waals surface area contributed by atoms with Crippen LogP contribution in [0.15, 0.2) is 36.7 Å². The van der Waals surface area contributed by atoms with Gasteiger partial charge in [-0.05, 0) is 61.4 Å². The second-order valence-corrected chi connectivity index (χ2v) is 7.21. The fraction of sp³-hybridized carbons (Fsp3) is 0.400. The molecule has 1 aliphatic rings. The number of carbonyl (C=O) groups excluding carboxylic acids is 1. The van der Waals surface area contributed by atoms with Crippen molar-refractivity contribution in [2.24, 2.45) is 0 Å². The molecule has 1 aromatic carbocycles. The maximum Gasteiger partial charge on any atom is 0.257 e. The van der Waals surface area contributed by atoms with Crippen LogP contribution in [-0.4, -0.2) is 30.7 Å². The number of aryl methyl sites for hydroxylation is 1. The van der Waals surface area contributed by atoms with Gasteiger partial charge in [-0.25, -0.2) is 4.68 Å². The molecule has 0 aliphatic heterocycles. The van der Waals surface area contributed by atoms with Crippen LogP contribution in [0.1, 0.15) is 59.9 Å². The van der Waals surface area contributed by atoms with E-state index in [0.29, 0.717) is 6.04 Å². The third-order valence-electron chi connectivity index (χ3n) is 5.39. The van der Waals surface area contributed by atoms with Crippen LogP contribution < -0.4 is 5.32 Å². The van der Waals surface area contributed by atoms with Crippen molar-refractivity contribution in [1.29, 1.82) is 0 Å². The molecule has 7 heteroatoms. The first-order valence-electron chi connectivity index (χ1n) is 9.46. The van der Waals surface area contributed by atoms with Crippen LogP contribution in [0, 0.1) is 13.8 Å². The van der Waals surface area contributed by atoms with Crippen molar-refractivity contribution in [3.8, 4) is 5.69 Å². The second-order valence-electron chi connectivity index (χ2n) is 7.21. The molecule has 1 aliphatic carbocycles. The van der Waals surface area contributed by atoms with Crippen molar-refractivity contribution in [3.63, 3.8) is 0 Å². The van der Waals surface area contributed by atoms with Crippen molar-refractivity contribution in [1.82, 2.24) is 24.8 Å². The highest BCUT2D eigenvalue weighted by molar-refractivity contribution is 6.05. The quantitative estimate of drug-likeness (QED) is 0.763. The fourth-order valence-electron chi connectivity index (χ4n) is 4.11. The zero-order valence-electron chi connectivity index (χ0n) is 15.7.